The first kappa shape index (κ1) is 19.2. The third kappa shape index (κ3) is 4.21. The van der Waals surface area contributed by atoms with Crippen molar-refractivity contribution in [3.8, 4) is 5.75 Å². The Labute approximate surface area is 157 Å². The number of sulfonamides is 1. The van der Waals surface area contributed by atoms with E-state index in [1.807, 2.05) is 0 Å². The number of amides is 1. The lowest BCUT2D eigenvalue weighted by molar-refractivity contribution is 0.0730. The van der Waals surface area contributed by atoms with E-state index in [0.717, 1.165) is 0 Å². The number of nitrogens with two attached hydrogens (primary N) is 1. The van der Waals surface area contributed by atoms with Crippen LogP contribution in [0.3, 0.4) is 0 Å². The van der Waals surface area contributed by atoms with Crippen molar-refractivity contribution < 1.29 is 22.7 Å². The topological polar surface area (TPSA) is 111 Å². The summed E-state index contributed by atoms with van der Waals surface area (Å²) in [4.78, 5) is 12.7. The Balaban J connectivity index is 1.84. The number of nitrogens with zero attached hydrogens (tertiary/aromatic N) is 1. The summed E-state index contributed by atoms with van der Waals surface area (Å²) in [5.41, 5.74) is 6.86. The Kier molecular flexibility index (Phi) is 5.64. The van der Waals surface area contributed by atoms with Crippen LogP contribution in [-0.4, -0.2) is 52.0 Å². The van der Waals surface area contributed by atoms with Gasteiger partial charge in [-0.25, -0.2) is 8.42 Å². The van der Waals surface area contributed by atoms with E-state index in [4.69, 9.17) is 15.2 Å². The lowest BCUT2D eigenvalue weighted by Crippen LogP contribution is -2.40. The zero-order valence-corrected chi connectivity index (χ0v) is 15.7. The average Bonchev–Trinajstić information content (AvgIpc) is 2.70. The zero-order valence-electron chi connectivity index (χ0n) is 14.8. The largest absolute Gasteiger partial charge is 0.497 e. The van der Waals surface area contributed by atoms with Crippen LogP contribution in [0.25, 0.3) is 0 Å². The van der Waals surface area contributed by atoms with Crippen LogP contribution in [0, 0.1) is 0 Å². The molecule has 0 bridgehead atoms. The maximum absolute atomic E-state index is 12.8. The van der Waals surface area contributed by atoms with E-state index in [-0.39, 0.29) is 10.5 Å². The molecule has 9 heteroatoms. The van der Waals surface area contributed by atoms with E-state index in [0.29, 0.717) is 43.4 Å². The fourth-order valence-electron chi connectivity index (χ4n) is 2.70. The van der Waals surface area contributed by atoms with Gasteiger partial charge in [-0.15, -0.1) is 0 Å². The van der Waals surface area contributed by atoms with Crippen molar-refractivity contribution >= 4 is 27.3 Å². The first-order chi connectivity index (χ1) is 12.9. The van der Waals surface area contributed by atoms with Crippen molar-refractivity contribution in [2.24, 2.45) is 0 Å². The summed E-state index contributed by atoms with van der Waals surface area (Å²) in [6.07, 6.45) is 0. The van der Waals surface area contributed by atoms with E-state index >= 15 is 0 Å². The fraction of sp³-hybridized carbons (Fsp3) is 0.278. The highest BCUT2D eigenvalue weighted by Gasteiger charge is 2.26. The summed E-state index contributed by atoms with van der Waals surface area (Å²) in [5.74, 6) is 0.0807. The number of benzene rings is 2. The number of morpholine rings is 1. The van der Waals surface area contributed by atoms with Gasteiger partial charge in [0.05, 0.1) is 36.6 Å². The van der Waals surface area contributed by atoms with Crippen molar-refractivity contribution in [2.45, 2.75) is 4.90 Å². The minimum atomic E-state index is -3.68. The van der Waals surface area contributed by atoms with E-state index in [1.54, 1.807) is 24.3 Å². The molecule has 27 heavy (non-hydrogen) atoms. The lowest BCUT2D eigenvalue weighted by Gasteiger charge is -2.26. The van der Waals surface area contributed by atoms with Gasteiger partial charge in [-0.05, 0) is 30.3 Å². The molecule has 0 saturated carbocycles. The second-order valence-corrected chi connectivity index (χ2v) is 7.89. The Morgan fingerprint density at radius 1 is 1.19 bits per heavy atom. The van der Waals surface area contributed by atoms with Crippen LogP contribution in [0.2, 0.25) is 0 Å². The Morgan fingerprint density at radius 2 is 1.93 bits per heavy atom. The molecule has 3 N–H and O–H groups in total. The summed E-state index contributed by atoms with van der Waals surface area (Å²) < 4.78 is 37.2. The second-order valence-electron chi connectivity index (χ2n) is 5.95. The van der Waals surface area contributed by atoms with Crippen molar-refractivity contribution in [1.82, 2.24) is 4.31 Å². The molecule has 0 spiro atoms. The van der Waals surface area contributed by atoms with Gasteiger partial charge in [0.25, 0.3) is 5.91 Å². The molecule has 2 aromatic carbocycles. The van der Waals surface area contributed by atoms with Gasteiger partial charge in [0.1, 0.15) is 5.75 Å². The molecule has 1 fully saturated rings. The van der Waals surface area contributed by atoms with Crippen LogP contribution in [0.1, 0.15) is 10.4 Å². The molecule has 0 unspecified atom stereocenters. The second kappa shape index (κ2) is 7.95. The number of nitrogens with one attached hydrogen (secondary N) is 1. The lowest BCUT2D eigenvalue weighted by atomic mass is 10.2. The van der Waals surface area contributed by atoms with Crippen LogP contribution < -0.4 is 15.8 Å². The molecule has 1 aliphatic heterocycles. The standard InChI is InChI=1S/C18H21N3O5S/c1-25-14-5-6-16(19)17(12-14)20-18(22)13-3-2-4-15(11-13)27(23,24)21-7-9-26-10-8-21/h2-6,11-12H,7-10,19H2,1H3,(H,20,22). The molecule has 0 atom stereocenters. The average molecular weight is 391 g/mol. The number of hydrogen-bond acceptors (Lipinski definition) is 6. The van der Waals surface area contributed by atoms with Crippen LogP contribution in [0.5, 0.6) is 5.75 Å². The van der Waals surface area contributed by atoms with Gasteiger partial charge in [0.2, 0.25) is 10.0 Å². The summed E-state index contributed by atoms with van der Waals surface area (Å²) in [7, 11) is -2.17. The van der Waals surface area contributed by atoms with Crippen molar-refractivity contribution in [3.63, 3.8) is 0 Å². The highest BCUT2D eigenvalue weighted by molar-refractivity contribution is 7.89. The summed E-state index contributed by atoms with van der Waals surface area (Å²) in [5, 5.41) is 2.69. The van der Waals surface area contributed by atoms with Crippen LogP contribution in [0.4, 0.5) is 11.4 Å². The first-order valence-electron chi connectivity index (χ1n) is 8.34. The number of ether oxygens (including phenoxy) is 2. The number of carbonyl (C=O) groups excluding carboxylic acids is 1. The molecule has 1 heterocycles. The maximum atomic E-state index is 12.8. The molecule has 0 radical (unpaired) electrons. The van der Waals surface area contributed by atoms with E-state index in [9.17, 15) is 13.2 Å². The number of hydrogen-bond donors (Lipinski definition) is 2. The number of nitrogen functional groups attached to an aromatic ring is 1. The summed E-state index contributed by atoms with van der Waals surface area (Å²) in [6.45, 7) is 1.29. The van der Waals surface area contributed by atoms with Gasteiger partial charge >= 0.3 is 0 Å². The number of anilines is 2. The van der Waals surface area contributed by atoms with Crippen LogP contribution >= 0.6 is 0 Å². The molecule has 1 saturated heterocycles. The molecule has 0 aliphatic carbocycles. The molecule has 0 aromatic heterocycles. The fourth-order valence-corrected chi connectivity index (χ4v) is 4.15. The number of methoxy groups -OCH3 is 1. The smallest absolute Gasteiger partial charge is 0.255 e. The normalized spacial score (nSPS) is 15.3. The number of carbonyl (C=O) groups is 1. The minimum Gasteiger partial charge on any atom is -0.497 e. The maximum Gasteiger partial charge on any atom is 0.255 e. The van der Waals surface area contributed by atoms with Gasteiger partial charge in [0, 0.05) is 24.7 Å². The van der Waals surface area contributed by atoms with E-state index in [1.165, 1.54) is 29.6 Å². The molecule has 1 amide bonds. The summed E-state index contributed by atoms with van der Waals surface area (Å²) >= 11 is 0. The van der Waals surface area contributed by atoms with E-state index < -0.39 is 15.9 Å². The van der Waals surface area contributed by atoms with Gasteiger partial charge in [-0.3, -0.25) is 4.79 Å². The molecular weight excluding hydrogens is 370 g/mol. The van der Waals surface area contributed by atoms with Gasteiger partial charge < -0.3 is 20.5 Å². The van der Waals surface area contributed by atoms with Crippen molar-refractivity contribution in [3.05, 3.63) is 48.0 Å². The van der Waals surface area contributed by atoms with Crippen molar-refractivity contribution in [2.75, 3.05) is 44.5 Å². The van der Waals surface area contributed by atoms with Crippen LogP contribution in [-0.2, 0) is 14.8 Å². The highest BCUT2D eigenvalue weighted by Crippen LogP contribution is 2.25. The summed E-state index contributed by atoms with van der Waals surface area (Å²) in [6, 6.07) is 10.8. The Bertz CT molecular complexity index is 940. The monoisotopic (exact) mass is 391 g/mol. The predicted molar refractivity (Wildman–Crippen MR) is 101 cm³/mol. The van der Waals surface area contributed by atoms with Gasteiger partial charge in [0.15, 0.2) is 0 Å². The third-order valence-electron chi connectivity index (χ3n) is 4.21. The zero-order chi connectivity index (χ0) is 19.4. The van der Waals surface area contributed by atoms with Crippen molar-refractivity contribution in [1.29, 1.82) is 0 Å². The minimum absolute atomic E-state index is 0.0654. The third-order valence-corrected chi connectivity index (χ3v) is 6.11. The highest BCUT2D eigenvalue weighted by atomic mass is 32.2. The molecule has 1 aliphatic rings. The first-order valence-corrected chi connectivity index (χ1v) is 9.78. The number of rotatable bonds is 5. The van der Waals surface area contributed by atoms with Gasteiger partial charge in [-0.1, -0.05) is 6.07 Å². The predicted octanol–water partition coefficient (Wildman–Crippen LogP) is 1.55. The van der Waals surface area contributed by atoms with E-state index in [2.05, 4.69) is 5.32 Å². The molecule has 3 rings (SSSR count). The Hall–Kier alpha value is -2.62. The molecule has 8 nitrogen and oxygen atoms in total. The quantitative estimate of drug-likeness (QED) is 0.748. The molecule has 144 valence electrons. The molecule has 2 aromatic rings. The van der Waals surface area contributed by atoms with Gasteiger partial charge in [-0.2, -0.15) is 4.31 Å². The molecular formula is C18H21N3O5S. The van der Waals surface area contributed by atoms with Crippen LogP contribution in [0.15, 0.2) is 47.4 Å². The SMILES string of the molecule is COc1ccc(N)c(NC(=O)c2cccc(S(=O)(=O)N3CCOCC3)c2)c1. The Morgan fingerprint density at radius 3 is 2.63 bits per heavy atom.